The number of nitrogens with one attached hydrogen (secondary N) is 2. The number of aromatic nitrogens is 1. The molecule has 2 aromatic rings. The molecule has 0 atom stereocenters. The molecule has 0 radical (unpaired) electrons. The second-order valence-corrected chi connectivity index (χ2v) is 7.76. The molecule has 0 aliphatic rings. The topological polar surface area (TPSA) is 89.6 Å². The fraction of sp³-hybridized carbons (Fsp3) is 0.421. The number of hydrogen-bond acceptors (Lipinski definition) is 6. The van der Waals surface area contributed by atoms with Gasteiger partial charge in [-0.1, -0.05) is 13.8 Å². The Kier molecular flexibility index (Phi) is 7.44. The molecular formula is C19H27N3O4S. The summed E-state index contributed by atoms with van der Waals surface area (Å²) in [7, 11) is -0.350. The van der Waals surface area contributed by atoms with Crippen molar-refractivity contribution in [1.82, 2.24) is 9.71 Å². The molecule has 0 saturated heterocycles. The summed E-state index contributed by atoms with van der Waals surface area (Å²) in [4.78, 5) is 4.37. The van der Waals surface area contributed by atoms with Crippen LogP contribution in [0.25, 0.3) is 0 Å². The van der Waals surface area contributed by atoms with E-state index in [1.807, 2.05) is 32.0 Å². The zero-order chi connectivity index (χ0) is 19.9. The lowest BCUT2D eigenvalue weighted by molar-refractivity contribution is 0.399. The Balaban J connectivity index is 2.08. The van der Waals surface area contributed by atoms with Gasteiger partial charge in [-0.05, 0) is 43.2 Å². The lowest BCUT2D eigenvalue weighted by Gasteiger charge is -2.15. The minimum atomic E-state index is -3.56. The maximum Gasteiger partial charge on any atom is 0.242 e. The number of pyridine rings is 1. The van der Waals surface area contributed by atoms with Gasteiger partial charge in [-0.2, -0.15) is 0 Å². The Morgan fingerprint density at radius 3 is 2.37 bits per heavy atom. The van der Waals surface area contributed by atoms with E-state index in [0.717, 1.165) is 29.9 Å². The van der Waals surface area contributed by atoms with Crippen LogP contribution < -0.4 is 19.5 Å². The largest absolute Gasteiger partial charge is 0.497 e. The number of nitrogens with zero attached hydrogens (tertiary/aromatic N) is 1. The smallest absolute Gasteiger partial charge is 0.242 e. The van der Waals surface area contributed by atoms with Crippen molar-refractivity contribution in [3.8, 4) is 11.5 Å². The lowest BCUT2D eigenvalue weighted by atomic mass is 10.2. The summed E-state index contributed by atoms with van der Waals surface area (Å²) in [6.45, 7) is 4.37. The average molecular weight is 394 g/mol. The average Bonchev–Trinajstić information content (AvgIpc) is 2.70. The summed E-state index contributed by atoms with van der Waals surface area (Å²) in [6.07, 6.45) is 2.84. The zero-order valence-corrected chi connectivity index (χ0v) is 17.0. The van der Waals surface area contributed by atoms with Crippen molar-refractivity contribution >= 4 is 15.8 Å². The molecule has 0 bridgehead atoms. The summed E-state index contributed by atoms with van der Waals surface area (Å²) in [6, 6.07) is 8.66. The van der Waals surface area contributed by atoms with Crippen molar-refractivity contribution in [2.24, 2.45) is 0 Å². The zero-order valence-electron chi connectivity index (χ0n) is 16.2. The number of sulfonamides is 1. The Morgan fingerprint density at radius 1 is 1.07 bits per heavy atom. The van der Waals surface area contributed by atoms with E-state index in [1.165, 1.54) is 6.20 Å². The Bertz CT molecular complexity index is 835. The van der Waals surface area contributed by atoms with Gasteiger partial charge in [0.2, 0.25) is 10.0 Å². The van der Waals surface area contributed by atoms with Gasteiger partial charge in [0.05, 0.1) is 14.2 Å². The van der Waals surface area contributed by atoms with Crippen molar-refractivity contribution in [3.63, 3.8) is 0 Å². The molecule has 0 spiro atoms. The monoisotopic (exact) mass is 393 g/mol. The molecule has 0 aliphatic heterocycles. The van der Waals surface area contributed by atoms with E-state index in [1.54, 1.807) is 26.4 Å². The van der Waals surface area contributed by atoms with E-state index < -0.39 is 10.0 Å². The maximum absolute atomic E-state index is 12.4. The molecule has 8 heteroatoms. The predicted octanol–water partition coefficient (Wildman–Crippen LogP) is 3.18. The highest BCUT2D eigenvalue weighted by atomic mass is 32.2. The SMILES string of the molecule is CCC(CC)NS(=O)(=O)c1ccc(NCc2cc(OC)ccc2OC)nc1. The third kappa shape index (κ3) is 5.58. The molecule has 1 heterocycles. The molecule has 0 unspecified atom stereocenters. The summed E-state index contributed by atoms with van der Waals surface area (Å²) in [5.74, 6) is 2.03. The van der Waals surface area contributed by atoms with Crippen molar-refractivity contribution in [2.75, 3.05) is 19.5 Å². The van der Waals surface area contributed by atoms with Gasteiger partial charge in [0.25, 0.3) is 0 Å². The molecule has 1 aromatic carbocycles. The van der Waals surface area contributed by atoms with Crippen molar-refractivity contribution in [3.05, 3.63) is 42.1 Å². The molecule has 0 aliphatic carbocycles. The van der Waals surface area contributed by atoms with Gasteiger partial charge >= 0.3 is 0 Å². The van der Waals surface area contributed by atoms with E-state index in [2.05, 4.69) is 15.0 Å². The first-order valence-electron chi connectivity index (χ1n) is 8.86. The summed E-state index contributed by atoms with van der Waals surface area (Å²) in [5, 5.41) is 3.17. The van der Waals surface area contributed by atoms with Crippen molar-refractivity contribution in [2.45, 2.75) is 44.2 Å². The molecule has 1 aromatic heterocycles. The van der Waals surface area contributed by atoms with E-state index in [4.69, 9.17) is 9.47 Å². The predicted molar refractivity (Wildman–Crippen MR) is 106 cm³/mol. The first-order chi connectivity index (χ1) is 12.9. The van der Waals surface area contributed by atoms with Crippen molar-refractivity contribution in [1.29, 1.82) is 0 Å². The molecule has 0 amide bonds. The second-order valence-electron chi connectivity index (χ2n) is 6.05. The highest BCUT2D eigenvalue weighted by Crippen LogP contribution is 2.24. The third-order valence-corrected chi connectivity index (χ3v) is 5.81. The first kappa shape index (κ1) is 21.0. The van der Waals surface area contributed by atoms with Crippen molar-refractivity contribution < 1.29 is 17.9 Å². The lowest BCUT2D eigenvalue weighted by Crippen LogP contribution is -2.33. The van der Waals surface area contributed by atoms with Crippen LogP contribution in [0.3, 0.4) is 0 Å². The van der Waals surface area contributed by atoms with Gasteiger partial charge in [0, 0.05) is 24.3 Å². The molecule has 27 heavy (non-hydrogen) atoms. The minimum absolute atomic E-state index is 0.0756. The normalized spacial score (nSPS) is 11.4. The Hall–Kier alpha value is -2.32. The van der Waals surface area contributed by atoms with Gasteiger partial charge in [-0.3, -0.25) is 0 Å². The van der Waals surface area contributed by atoms with Crippen LogP contribution in [-0.4, -0.2) is 33.7 Å². The van der Waals surface area contributed by atoms with Crippen LogP contribution in [0, 0.1) is 0 Å². The Morgan fingerprint density at radius 2 is 1.81 bits per heavy atom. The fourth-order valence-electron chi connectivity index (χ4n) is 2.59. The number of anilines is 1. The quantitative estimate of drug-likeness (QED) is 0.644. The fourth-order valence-corrected chi connectivity index (χ4v) is 3.94. The molecule has 148 valence electrons. The number of rotatable bonds is 10. The summed E-state index contributed by atoms with van der Waals surface area (Å²) < 4.78 is 38.1. The minimum Gasteiger partial charge on any atom is -0.497 e. The van der Waals surface area contributed by atoms with Gasteiger partial charge in [0.1, 0.15) is 22.2 Å². The second kappa shape index (κ2) is 9.57. The molecule has 7 nitrogen and oxygen atoms in total. The maximum atomic E-state index is 12.4. The van der Waals surface area contributed by atoms with E-state index >= 15 is 0 Å². The van der Waals surface area contributed by atoms with E-state index in [9.17, 15) is 8.42 Å². The standard InChI is InChI=1S/C19H27N3O4S/c1-5-15(6-2)22-27(23,24)17-8-10-19(21-13-17)20-12-14-11-16(25-3)7-9-18(14)26-4/h7-11,13,15,22H,5-6,12H2,1-4H3,(H,20,21). The molecule has 0 fully saturated rings. The van der Waals surface area contributed by atoms with Crippen LogP contribution in [0.15, 0.2) is 41.4 Å². The summed E-state index contributed by atoms with van der Waals surface area (Å²) >= 11 is 0. The van der Waals surface area contributed by atoms with Crippen LogP contribution in [0.1, 0.15) is 32.3 Å². The number of benzene rings is 1. The van der Waals surface area contributed by atoms with Gasteiger partial charge in [-0.15, -0.1) is 0 Å². The highest BCUT2D eigenvalue weighted by Gasteiger charge is 2.18. The molecule has 0 saturated carbocycles. The number of ether oxygens (including phenoxy) is 2. The van der Waals surface area contributed by atoms with Crippen LogP contribution in [0.5, 0.6) is 11.5 Å². The van der Waals surface area contributed by atoms with E-state index in [0.29, 0.717) is 12.4 Å². The highest BCUT2D eigenvalue weighted by molar-refractivity contribution is 7.89. The molecule has 2 rings (SSSR count). The molecular weight excluding hydrogens is 366 g/mol. The van der Waals surface area contributed by atoms with Crippen LogP contribution in [0.2, 0.25) is 0 Å². The third-order valence-electron chi connectivity index (χ3n) is 4.30. The summed E-state index contributed by atoms with van der Waals surface area (Å²) in [5.41, 5.74) is 0.908. The van der Waals surface area contributed by atoms with Gasteiger partial charge < -0.3 is 14.8 Å². The van der Waals surface area contributed by atoms with Gasteiger partial charge in [0.15, 0.2) is 0 Å². The number of hydrogen-bond donors (Lipinski definition) is 2. The molecule has 2 N–H and O–H groups in total. The number of methoxy groups -OCH3 is 2. The Labute approximate surface area is 161 Å². The van der Waals surface area contributed by atoms with Gasteiger partial charge in [-0.25, -0.2) is 18.1 Å². The van der Waals surface area contributed by atoms with Crippen LogP contribution >= 0.6 is 0 Å². The van der Waals surface area contributed by atoms with E-state index in [-0.39, 0.29) is 10.9 Å². The van der Waals surface area contributed by atoms with Crippen LogP contribution in [-0.2, 0) is 16.6 Å². The van der Waals surface area contributed by atoms with Crippen LogP contribution in [0.4, 0.5) is 5.82 Å². The first-order valence-corrected chi connectivity index (χ1v) is 10.3.